The normalized spacial score (nSPS) is 10.8. The lowest BCUT2D eigenvalue weighted by Crippen LogP contribution is -2.34. The van der Waals surface area contributed by atoms with E-state index < -0.39 is 0 Å². The van der Waals surface area contributed by atoms with Gasteiger partial charge >= 0.3 is 0 Å². The van der Waals surface area contributed by atoms with Crippen LogP contribution in [0.4, 0.5) is 5.69 Å². The van der Waals surface area contributed by atoms with Crippen LogP contribution in [0.15, 0.2) is 57.4 Å². The van der Waals surface area contributed by atoms with Gasteiger partial charge in [-0.25, -0.2) is 4.98 Å². The second kappa shape index (κ2) is 9.33. The first-order valence-corrected chi connectivity index (χ1v) is 11.4. The summed E-state index contributed by atoms with van der Waals surface area (Å²) < 4.78 is 12.1. The minimum atomic E-state index is -0.366. The number of thiocarbonyl (C=S) groups is 1. The van der Waals surface area contributed by atoms with Crippen molar-refractivity contribution in [3.63, 3.8) is 0 Å². The van der Waals surface area contributed by atoms with E-state index in [0.29, 0.717) is 22.9 Å². The zero-order chi connectivity index (χ0) is 23.7. The zero-order valence-electron chi connectivity index (χ0n) is 18.6. The first-order valence-electron chi connectivity index (χ1n) is 10.2. The molecule has 0 aliphatic carbocycles. The van der Waals surface area contributed by atoms with Crippen LogP contribution >= 0.6 is 28.1 Å². The first kappa shape index (κ1) is 22.9. The molecule has 0 atom stereocenters. The maximum atomic E-state index is 12.8. The Kier molecular flexibility index (Phi) is 6.49. The number of nitrogens with one attached hydrogen (secondary N) is 2. The Hall–Kier alpha value is -3.23. The van der Waals surface area contributed by atoms with E-state index in [9.17, 15) is 4.79 Å². The smallest absolute Gasteiger partial charge is 0.261 e. The molecular formula is C25H22BrN3O3S. The number of ether oxygens (including phenoxy) is 1. The summed E-state index contributed by atoms with van der Waals surface area (Å²) in [5.41, 5.74) is 6.59. The molecule has 0 saturated heterocycles. The number of nitrogens with zero attached hydrogens (tertiary/aromatic N) is 1. The molecule has 3 aromatic carbocycles. The molecule has 1 aromatic heterocycles. The van der Waals surface area contributed by atoms with Crippen LogP contribution in [0.3, 0.4) is 0 Å². The van der Waals surface area contributed by atoms with Gasteiger partial charge in [-0.2, -0.15) is 0 Å². The molecule has 1 amide bonds. The summed E-state index contributed by atoms with van der Waals surface area (Å²) in [6.45, 7) is 5.97. The van der Waals surface area contributed by atoms with E-state index in [1.807, 2.05) is 63.2 Å². The Morgan fingerprint density at radius 3 is 2.58 bits per heavy atom. The average molecular weight is 524 g/mol. The number of benzene rings is 3. The van der Waals surface area contributed by atoms with E-state index in [-0.39, 0.29) is 11.0 Å². The molecule has 0 aliphatic heterocycles. The van der Waals surface area contributed by atoms with Crippen molar-refractivity contribution in [1.29, 1.82) is 0 Å². The van der Waals surface area contributed by atoms with E-state index in [1.54, 1.807) is 6.07 Å². The maximum absolute atomic E-state index is 12.8. The van der Waals surface area contributed by atoms with Gasteiger partial charge in [-0.05, 0) is 92.1 Å². The van der Waals surface area contributed by atoms with Crippen LogP contribution in [-0.2, 0) is 0 Å². The summed E-state index contributed by atoms with van der Waals surface area (Å²) in [5, 5.41) is 5.92. The molecule has 1 heterocycles. The SMILES string of the molecule is COc1c(C)cc(Br)cc1C(=O)NC(=S)Nc1cccc(-c2nc3cc(C)c(C)cc3o2)c1. The number of hydrogen-bond acceptors (Lipinski definition) is 5. The van der Waals surface area contributed by atoms with Gasteiger partial charge in [-0.3, -0.25) is 10.1 Å². The number of carbonyl (C=O) groups excluding carboxylic acids is 1. The van der Waals surface area contributed by atoms with Gasteiger partial charge in [0.05, 0.1) is 12.7 Å². The second-order valence-electron chi connectivity index (χ2n) is 7.72. The lowest BCUT2D eigenvalue weighted by Gasteiger charge is -2.14. The van der Waals surface area contributed by atoms with E-state index >= 15 is 0 Å². The van der Waals surface area contributed by atoms with Crippen molar-refractivity contribution < 1.29 is 13.9 Å². The monoisotopic (exact) mass is 523 g/mol. The Labute approximate surface area is 205 Å². The number of carbonyl (C=O) groups is 1. The van der Waals surface area contributed by atoms with E-state index in [1.165, 1.54) is 7.11 Å². The predicted molar refractivity (Wildman–Crippen MR) is 138 cm³/mol. The Bertz CT molecular complexity index is 1360. The maximum Gasteiger partial charge on any atom is 0.261 e. The quantitative estimate of drug-likeness (QED) is 0.305. The van der Waals surface area contributed by atoms with Crippen LogP contribution in [0, 0.1) is 20.8 Å². The molecule has 4 rings (SSSR count). The van der Waals surface area contributed by atoms with Gasteiger partial charge in [0.25, 0.3) is 5.91 Å². The highest BCUT2D eigenvalue weighted by molar-refractivity contribution is 9.10. The largest absolute Gasteiger partial charge is 0.496 e. The molecule has 0 bridgehead atoms. The molecule has 168 valence electrons. The van der Waals surface area contributed by atoms with Crippen molar-refractivity contribution in [2.75, 3.05) is 12.4 Å². The summed E-state index contributed by atoms with van der Waals surface area (Å²) in [6, 6.07) is 15.1. The highest BCUT2D eigenvalue weighted by Gasteiger charge is 2.17. The highest BCUT2D eigenvalue weighted by Crippen LogP contribution is 2.29. The lowest BCUT2D eigenvalue weighted by atomic mass is 10.1. The number of rotatable bonds is 4. The molecule has 0 saturated carbocycles. The number of fused-ring (bicyclic) bond motifs is 1. The molecule has 0 fully saturated rings. The average Bonchev–Trinajstić information content (AvgIpc) is 3.16. The molecule has 0 aliphatic rings. The van der Waals surface area contributed by atoms with E-state index in [4.69, 9.17) is 21.4 Å². The molecule has 4 aromatic rings. The number of halogens is 1. The van der Waals surface area contributed by atoms with Gasteiger partial charge in [0, 0.05) is 15.7 Å². The Morgan fingerprint density at radius 1 is 1.06 bits per heavy atom. The van der Waals surface area contributed by atoms with Crippen LogP contribution in [0.1, 0.15) is 27.0 Å². The Morgan fingerprint density at radius 2 is 1.82 bits per heavy atom. The van der Waals surface area contributed by atoms with Crippen LogP contribution in [0.25, 0.3) is 22.6 Å². The zero-order valence-corrected chi connectivity index (χ0v) is 21.0. The van der Waals surface area contributed by atoms with Crippen molar-refractivity contribution in [2.45, 2.75) is 20.8 Å². The van der Waals surface area contributed by atoms with Crippen LogP contribution in [0.2, 0.25) is 0 Å². The number of amides is 1. The second-order valence-corrected chi connectivity index (χ2v) is 9.04. The van der Waals surface area contributed by atoms with E-state index in [0.717, 1.165) is 37.8 Å². The lowest BCUT2D eigenvalue weighted by molar-refractivity contribution is 0.0974. The minimum Gasteiger partial charge on any atom is -0.496 e. The third kappa shape index (κ3) is 4.91. The summed E-state index contributed by atoms with van der Waals surface area (Å²) in [7, 11) is 1.53. The molecule has 6 nitrogen and oxygen atoms in total. The number of aryl methyl sites for hydroxylation is 3. The number of anilines is 1. The summed E-state index contributed by atoms with van der Waals surface area (Å²) in [5.74, 6) is 0.652. The topological polar surface area (TPSA) is 76.4 Å². The van der Waals surface area contributed by atoms with Crippen LogP contribution in [0.5, 0.6) is 5.75 Å². The number of aromatic nitrogens is 1. The van der Waals surface area contributed by atoms with Crippen molar-refractivity contribution in [1.82, 2.24) is 10.3 Å². The fourth-order valence-electron chi connectivity index (χ4n) is 3.54. The van der Waals surface area contributed by atoms with E-state index in [2.05, 4.69) is 31.5 Å². The first-order chi connectivity index (χ1) is 15.7. The molecule has 0 radical (unpaired) electrons. The third-order valence-electron chi connectivity index (χ3n) is 5.29. The van der Waals surface area contributed by atoms with Crippen molar-refractivity contribution >= 4 is 56.0 Å². The van der Waals surface area contributed by atoms with Gasteiger partial charge < -0.3 is 14.5 Å². The summed E-state index contributed by atoms with van der Waals surface area (Å²) in [6.07, 6.45) is 0. The third-order valence-corrected chi connectivity index (χ3v) is 5.95. The predicted octanol–water partition coefficient (Wildman–Crippen LogP) is 6.32. The van der Waals surface area contributed by atoms with Gasteiger partial charge in [-0.15, -0.1) is 0 Å². The number of hydrogen-bond donors (Lipinski definition) is 2. The molecule has 8 heteroatoms. The van der Waals surface area contributed by atoms with Crippen LogP contribution in [-0.4, -0.2) is 23.1 Å². The van der Waals surface area contributed by atoms with Crippen molar-refractivity contribution in [3.05, 3.63) is 75.3 Å². The standard InChI is InChI=1S/C25H22BrN3O3S/c1-13-9-20-21(10-14(13)2)32-24(28-20)16-6-5-7-18(11-16)27-25(33)29-23(30)19-12-17(26)8-15(3)22(19)31-4/h5-12H,1-4H3,(H2,27,29,30,33). The van der Waals surface area contributed by atoms with Gasteiger partial charge in [0.15, 0.2) is 10.7 Å². The molecule has 0 spiro atoms. The minimum absolute atomic E-state index is 0.167. The highest BCUT2D eigenvalue weighted by atomic mass is 79.9. The summed E-state index contributed by atoms with van der Waals surface area (Å²) in [4.78, 5) is 17.4. The molecule has 0 unspecified atom stereocenters. The van der Waals surface area contributed by atoms with Gasteiger partial charge in [0.2, 0.25) is 5.89 Å². The number of oxazole rings is 1. The van der Waals surface area contributed by atoms with Crippen molar-refractivity contribution in [2.24, 2.45) is 0 Å². The Balaban J connectivity index is 1.52. The fourth-order valence-corrected chi connectivity index (χ4v) is 4.32. The molecule has 33 heavy (non-hydrogen) atoms. The van der Waals surface area contributed by atoms with Gasteiger partial charge in [-0.1, -0.05) is 22.0 Å². The van der Waals surface area contributed by atoms with Crippen LogP contribution < -0.4 is 15.4 Å². The van der Waals surface area contributed by atoms with Crippen molar-refractivity contribution in [3.8, 4) is 17.2 Å². The van der Waals surface area contributed by atoms with Gasteiger partial charge in [0.1, 0.15) is 11.3 Å². The fraction of sp³-hybridized carbons (Fsp3) is 0.160. The summed E-state index contributed by atoms with van der Waals surface area (Å²) >= 11 is 8.78. The molecule has 2 N–H and O–H groups in total. The molecular weight excluding hydrogens is 502 g/mol. The number of methoxy groups -OCH3 is 1.